The fraction of sp³-hybridized carbons (Fsp3) is 0.550. The number of amides is 1. The van der Waals surface area contributed by atoms with Gasteiger partial charge in [0.15, 0.2) is 5.82 Å². The predicted octanol–water partition coefficient (Wildman–Crippen LogP) is 2.42. The molecule has 0 atom stereocenters. The maximum absolute atomic E-state index is 13.2. The van der Waals surface area contributed by atoms with Crippen LogP contribution in [0.25, 0.3) is 10.2 Å². The number of nitrogens with zero attached hydrogens (tertiary/aromatic N) is 6. The Morgan fingerprint density at radius 3 is 2.82 bits per heavy atom. The Bertz CT molecular complexity index is 1160. The molecular weight excluding hydrogens is 475 g/mol. The summed E-state index contributed by atoms with van der Waals surface area (Å²) in [5.41, 5.74) is 0. The second-order valence-electron chi connectivity index (χ2n) is 7.65. The Morgan fingerprint density at radius 2 is 2.09 bits per heavy atom. The van der Waals surface area contributed by atoms with Crippen LogP contribution in [0.2, 0.25) is 0 Å². The lowest BCUT2D eigenvalue weighted by Gasteiger charge is -2.29. The van der Waals surface area contributed by atoms with E-state index in [1.807, 2.05) is 11.0 Å². The maximum atomic E-state index is 13.2. The van der Waals surface area contributed by atoms with Crippen LogP contribution in [0, 0.1) is 0 Å². The second kappa shape index (κ2) is 10.1. The van der Waals surface area contributed by atoms with Gasteiger partial charge in [-0.2, -0.15) is 23.1 Å². The Morgan fingerprint density at radius 1 is 1.26 bits per heavy atom. The number of anilines is 1. The zero-order valence-corrected chi connectivity index (χ0v) is 19.5. The number of aryl methyl sites for hydroxylation is 1. The van der Waals surface area contributed by atoms with Gasteiger partial charge in [-0.15, -0.1) is 21.5 Å². The first-order valence-electron chi connectivity index (χ1n) is 10.7. The first-order chi connectivity index (χ1) is 16.3. The van der Waals surface area contributed by atoms with Gasteiger partial charge in [-0.3, -0.25) is 4.79 Å². The van der Waals surface area contributed by atoms with E-state index in [-0.39, 0.29) is 50.6 Å². The third kappa shape index (κ3) is 5.22. The number of carbonyl (C=O) groups excluding carboxylic acids is 1. The van der Waals surface area contributed by atoms with E-state index in [1.54, 1.807) is 0 Å². The van der Waals surface area contributed by atoms with Crippen molar-refractivity contribution in [2.24, 2.45) is 0 Å². The van der Waals surface area contributed by atoms with Crippen molar-refractivity contribution in [2.45, 2.75) is 39.0 Å². The number of methoxy groups -OCH3 is 1. The van der Waals surface area contributed by atoms with Gasteiger partial charge in [-0.1, -0.05) is 13.3 Å². The van der Waals surface area contributed by atoms with Gasteiger partial charge in [0.25, 0.3) is 0 Å². The van der Waals surface area contributed by atoms with Crippen LogP contribution in [-0.4, -0.2) is 64.1 Å². The fourth-order valence-corrected chi connectivity index (χ4v) is 4.79. The first kappa shape index (κ1) is 24.1. The highest BCUT2D eigenvalue weighted by Gasteiger charge is 2.39. The van der Waals surface area contributed by atoms with E-state index in [9.17, 15) is 18.0 Å². The normalized spacial score (nSPS) is 13.9. The van der Waals surface area contributed by atoms with Gasteiger partial charge < -0.3 is 24.3 Å². The summed E-state index contributed by atoms with van der Waals surface area (Å²) >= 11 is 1.53. The molecule has 0 radical (unpaired) electrons. The third-order valence-corrected chi connectivity index (χ3v) is 6.23. The van der Waals surface area contributed by atoms with E-state index in [0.717, 1.165) is 32.5 Å². The van der Waals surface area contributed by atoms with Crippen molar-refractivity contribution >= 4 is 33.3 Å². The molecule has 14 heteroatoms. The number of halogens is 3. The van der Waals surface area contributed by atoms with Crippen LogP contribution in [0.4, 0.5) is 19.0 Å². The number of nitrogens with one attached hydrogen (secondary N) is 1. The monoisotopic (exact) mass is 499 g/mol. The van der Waals surface area contributed by atoms with Crippen molar-refractivity contribution < 1.29 is 27.4 Å². The van der Waals surface area contributed by atoms with Crippen molar-refractivity contribution in [3.63, 3.8) is 0 Å². The molecule has 1 N–H and O–H groups in total. The van der Waals surface area contributed by atoms with Crippen LogP contribution in [0.1, 0.15) is 29.9 Å². The number of alkyl halides is 3. The first-order valence-corrected chi connectivity index (χ1v) is 11.5. The third-order valence-electron chi connectivity index (χ3n) is 5.14. The summed E-state index contributed by atoms with van der Waals surface area (Å²) in [6.07, 6.45) is -2.71. The summed E-state index contributed by atoms with van der Waals surface area (Å²) < 4.78 is 51.1. The number of hydrogen-bond acceptors (Lipinski definition) is 9. The van der Waals surface area contributed by atoms with Crippen LogP contribution in [-0.2, 0) is 35.2 Å². The number of aromatic nitrogens is 5. The Kier molecular flexibility index (Phi) is 7.16. The molecule has 1 amide bonds. The molecule has 0 saturated heterocycles. The van der Waals surface area contributed by atoms with Crippen LogP contribution in [0.5, 0.6) is 6.01 Å². The highest BCUT2D eigenvalue weighted by Crippen LogP contribution is 2.35. The summed E-state index contributed by atoms with van der Waals surface area (Å²) in [5.74, 6) is -0.459. The largest absolute Gasteiger partial charge is 0.462 e. The molecular formula is C20H24F3N7O3S. The number of thiophene rings is 1. The topological polar surface area (TPSA) is 107 Å². The molecule has 1 aliphatic rings. The molecule has 10 nitrogen and oxygen atoms in total. The van der Waals surface area contributed by atoms with Crippen LogP contribution >= 0.6 is 11.3 Å². The molecule has 0 aliphatic carbocycles. The van der Waals surface area contributed by atoms with Gasteiger partial charge in [0.1, 0.15) is 23.9 Å². The number of rotatable bonds is 9. The molecule has 4 heterocycles. The number of fused-ring (bicyclic) bond motifs is 2. The van der Waals surface area contributed by atoms with Gasteiger partial charge >= 0.3 is 12.2 Å². The molecule has 0 bridgehead atoms. The van der Waals surface area contributed by atoms with Gasteiger partial charge in [0, 0.05) is 25.1 Å². The maximum Gasteiger partial charge on any atom is 0.451 e. The predicted molar refractivity (Wildman–Crippen MR) is 118 cm³/mol. The van der Waals surface area contributed by atoms with E-state index in [2.05, 4.69) is 32.4 Å². The smallest absolute Gasteiger partial charge is 0.451 e. The lowest BCUT2D eigenvalue weighted by Crippen LogP contribution is -2.36. The standard InChI is InChI=1S/C20H24F3N7O3S/c1-3-4-12-9-13-16(29-6-7-30-14(10-29)27-28-18(30)20(21,22)23)25-19(26-17(13)34-12)33-8-5-24-15(31)11-32-2/h9H,3-8,10-11H2,1-2H3,(H,24,31). The van der Waals surface area contributed by atoms with Gasteiger partial charge in [-0.05, 0) is 12.5 Å². The van der Waals surface area contributed by atoms with Crippen molar-refractivity contribution in [1.29, 1.82) is 0 Å². The Hall–Kier alpha value is -3.00. The molecule has 0 aromatic carbocycles. The molecule has 0 saturated carbocycles. The van der Waals surface area contributed by atoms with Gasteiger partial charge in [0.05, 0.1) is 18.5 Å². The minimum Gasteiger partial charge on any atom is -0.462 e. The quantitative estimate of drug-likeness (QED) is 0.448. The minimum atomic E-state index is -4.56. The summed E-state index contributed by atoms with van der Waals surface area (Å²) in [6, 6.07) is 2.16. The van der Waals surface area contributed by atoms with Crippen molar-refractivity contribution in [1.82, 2.24) is 30.0 Å². The van der Waals surface area contributed by atoms with Crippen molar-refractivity contribution in [3.05, 3.63) is 22.6 Å². The summed E-state index contributed by atoms with van der Waals surface area (Å²) in [5, 5.41) is 10.6. The summed E-state index contributed by atoms with van der Waals surface area (Å²) in [6.45, 7) is 2.94. The van der Waals surface area contributed by atoms with Crippen molar-refractivity contribution in [3.8, 4) is 6.01 Å². The molecule has 3 aromatic rings. The van der Waals surface area contributed by atoms with Crippen molar-refractivity contribution in [2.75, 3.05) is 38.3 Å². The average Bonchev–Trinajstić information content (AvgIpc) is 3.39. The van der Waals surface area contributed by atoms with Crippen LogP contribution < -0.4 is 15.0 Å². The van der Waals surface area contributed by atoms with Gasteiger partial charge in [0.2, 0.25) is 11.7 Å². The summed E-state index contributed by atoms with van der Waals surface area (Å²) in [7, 11) is 1.43. The van der Waals surface area contributed by atoms with E-state index in [4.69, 9.17) is 9.47 Å². The van der Waals surface area contributed by atoms with E-state index < -0.39 is 12.0 Å². The van der Waals surface area contributed by atoms with Crippen LogP contribution in [0.15, 0.2) is 6.07 Å². The molecule has 4 rings (SSSR count). The molecule has 34 heavy (non-hydrogen) atoms. The fourth-order valence-electron chi connectivity index (χ4n) is 3.68. The lowest BCUT2D eigenvalue weighted by atomic mass is 10.2. The highest BCUT2D eigenvalue weighted by molar-refractivity contribution is 7.18. The number of ether oxygens (including phenoxy) is 2. The lowest BCUT2D eigenvalue weighted by molar-refractivity contribution is -0.147. The SMILES string of the molecule is CCCc1cc2c(N3CCn4c(nnc4C(F)(F)F)C3)nc(OCCNC(=O)COC)nc2s1. The van der Waals surface area contributed by atoms with E-state index in [1.165, 1.54) is 18.4 Å². The average molecular weight is 500 g/mol. The zero-order valence-electron chi connectivity index (χ0n) is 18.7. The molecule has 3 aromatic heterocycles. The molecule has 1 aliphatic heterocycles. The van der Waals surface area contributed by atoms with Crippen LogP contribution in [0.3, 0.4) is 0 Å². The number of carbonyl (C=O) groups is 1. The number of hydrogen-bond donors (Lipinski definition) is 1. The van der Waals surface area contributed by atoms with E-state index >= 15 is 0 Å². The highest BCUT2D eigenvalue weighted by atomic mass is 32.1. The van der Waals surface area contributed by atoms with E-state index in [0.29, 0.717) is 12.4 Å². The van der Waals surface area contributed by atoms with Gasteiger partial charge in [-0.25, -0.2) is 0 Å². The summed E-state index contributed by atoms with van der Waals surface area (Å²) in [4.78, 5) is 24.3. The Labute approximate surface area is 197 Å². The molecule has 184 valence electrons. The zero-order chi connectivity index (χ0) is 24.3. The molecule has 0 fully saturated rings. The Balaban J connectivity index is 1.58. The minimum absolute atomic E-state index is 0.0440. The molecule has 0 spiro atoms. The second-order valence-corrected chi connectivity index (χ2v) is 8.77. The molecule has 0 unspecified atom stereocenters.